The van der Waals surface area contributed by atoms with Gasteiger partial charge in [0.15, 0.2) is 0 Å². The van der Waals surface area contributed by atoms with Gasteiger partial charge in [-0.15, -0.1) is 12.6 Å². The van der Waals surface area contributed by atoms with E-state index in [1.165, 1.54) is 0 Å². The Morgan fingerprint density at radius 1 is 0.895 bits per heavy atom. The first-order valence-corrected chi connectivity index (χ1v) is 8.47. The first-order valence-electron chi connectivity index (χ1n) is 6.32. The van der Waals surface area contributed by atoms with E-state index in [2.05, 4.69) is 12.6 Å². The van der Waals surface area contributed by atoms with Crippen LogP contribution >= 0.6 is 19.8 Å². The summed E-state index contributed by atoms with van der Waals surface area (Å²) in [6, 6.07) is 17.4. The number of hydrogen-bond acceptors (Lipinski definition) is 2. The van der Waals surface area contributed by atoms with Gasteiger partial charge in [0.05, 0.1) is 0 Å². The molecule has 0 amide bonds. The highest BCUT2D eigenvalue weighted by molar-refractivity contribution is 7.84. The zero-order valence-corrected chi connectivity index (χ0v) is 13.3. The summed E-state index contributed by atoms with van der Waals surface area (Å²) in [5.74, 6) is 0. The Kier molecular flexibility index (Phi) is 3.94. The molecule has 0 saturated carbocycles. The van der Waals surface area contributed by atoms with E-state index in [9.17, 15) is 4.57 Å². The first kappa shape index (κ1) is 14.4. The van der Waals surface area contributed by atoms with Gasteiger partial charge in [-0.25, -0.2) is 0 Å². The predicted molar refractivity (Wildman–Crippen MR) is 86.8 cm³/mol. The number of rotatable bonds is 2. The second-order valence-electron chi connectivity index (χ2n) is 5.60. The minimum atomic E-state index is -2.72. The number of benzene rings is 2. The molecule has 3 heteroatoms. The molecule has 100 valence electrons. The van der Waals surface area contributed by atoms with E-state index in [1.54, 1.807) is 0 Å². The molecule has 0 heterocycles. The van der Waals surface area contributed by atoms with Crippen molar-refractivity contribution < 1.29 is 4.57 Å². The Morgan fingerprint density at radius 3 is 1.95 bits per heavy atom. The van der Waals surface area contributed by atoms with Gasteiger partial charge in [-0.05, 0) is 6.07 Å². The molecular weight excluding hydrogens is 271 g/mol. The highest BCUT2D eigenvalue weighted by Gasteiger charge is 2.40. The van der Waals surface area contributed by atoms with Gasteiger partial charge in [-0.3, -0.25) is 0 Å². The highest BCUT2D eigenvalue weighted by atomic mass is 32.1. The molecular formula is C16H19OPS. The van der Waals surface area contributed by atoms with Gasteiger partial charge in [0.1, 0.15) is 7.14 Å². The molecule has 0 aliphatic carbocycles. The molecule has 0 radical (unpaired) electrons. The highest BCUT2D eigenvalue weighted by Crippen LogP contribution is 2.56. The van der Waals surface area contributed by atoms with Crippen molar-refractivity contribution in [3.8, 4) is 0 Å². The summed E-state index contributed by atoms with van der Waals surface area (Å²) < 4.78 is 13.8. The minimum Gasteiger partial charge on any atom is -0.313 e. The van der Waals surface area contributed by atoms with Gasteiger partial charge in [-0.2, -0.15) is 0 Å². The average Bonchev–Trinajstić information content (AvgIpc) is 2.38. The standard InChI is InChI=1S/C16H19OPS/c1-16(2,3)18(17,13-9-5-4-6-10-13)14-11-7-8-12-15(14)19/h4-12,19H,1-3H3. The van der Waals surface area contributed by atoms with E-state index in [0.717, 1.165) is 15.5 Å². The molecule has 2 rings (SSSR count). The lowest BCUT2D eigenvalue weighted by atomic mass is 10.3. The molecule has 0 N–H and O–H groups in total. The molecule has 0 spiro atoms. The second-order valence-corrected chi connectivity index (χ2v) is 9.64. The molecule has 19 heavy (non-hydrogen) atoms. The fourth-order valence-electron chi connectivity index (χ4n) is 2.26. The summed E-state index contributed by atoms with van der Waals surface area (Å²) in [6.45, 7) is 6.09. The van der Waals surface area contributed by atoms with E-state index < -0.39 is 7.14 Å². The van der Waals surface area contributed by atoms with Crippen LogP contribution in [0.2, 0.25) is 0 Å². The van der Waals surface area contributed by atoms with Crippen LogP contribution in [-0.2, 0) is 4.57 Å². The largest absolute Gasteiger partial charge is 0.313 e. The van der Waals surface area contributed by atoms with Crippen molar-refractivity contribution in [2.75, 3.05) is 0 Å². The number of thiol groups is 1. The fourth-order valence-corrected chi connectivity index (χ4v) is 5.90. The Labute approximate surface area is 120 Å². The van der Waals surface area contributed by atoms with Crippen LogP contribution in [0.15, 0.2) is 59.5 Å². The van der Waals surface area contributed by atoms with Crippen molar-refractivity contribution in [3.63, 3.8) is 0 Å². The van der Waals surface area contributed by atoms with Gasteiger partial charge in [-0.1, -0.05) is 69.3 Å². The molecule has 1 atom stereocenters. The lowest BCUT2D eigenvalue weighted by molar-refractivity contribution is 0.563. The van der Waals surface area contributed by atoms with Gasteiger partial charge in [0, 0.05) is 20.7 Å². The summed E-state index contributed by atoms with van der Waals surface area (Å²) in [4.78, 5) is 0.796. The van der Waals surface area contributed by atoms with Gasteiger partial charge in [0.2, 0.25) is 0 Å². The molecule has 2 aromatic rings. The van der Waals surface area contributed by atoms with Crippen molar-refractivity contribution in [1.29, 1.82) is 0 Å². The zero-order chi connectivity index (χ0) is 14.1. The van der Waals surface area contributed by atoms with Crippen LogP contribution in [0.4, 0.5) is 0 Å². The van der Waals surface area contributed by atoms with Crippen LogP contribution in [0.3, 0.4) is 0 Å². The molecule has 1 nitrogen and oxygen atoms in total. The minimum absolute atomic E-state index is 0.340. The Balaban J connectivity index is 2.75. The molecule has 0 aliphatic rings. The van der Waals surface area contributed by atoms with Crippen LogP contribution in [-0.4, -0.2) is 5.16 Å². The van der Waals surface area contributed by atoms with Crippen LogP contribution in [0.1, 0.15) is 20.8 Å². The fraction of sp³-hybridized carbons (Fsp3) is 0.250. The van der Waals surface area contributed by atoms with Crippen molar-refractivity contribution >= 4 is 30.4 Å². The molecule has 2 aromatic carbocycles. The van der Waals surface area contributed by atoms with Gasteiger partial charge in [0.25, 0.3) is 0 Å². The molecule has 0 aliphatic heterocycles. The molecule has 0 bridgehead atoms. The molecule has 1 unspecified atom stereocenters. The maximum absolute atomic E-state index is 13.8. The summed E-state index contributed by atoms with van der Waals surface area (Å²) in [5, 5.41) is 1.40. The molecule has 0 fully saturated rings. The van der Waals surface area contributed by atoms with Crippen molar-refractivity contribution in [2.45, 2.75) is 30.8 Å². The quantitative estimate of drug-likeness (QED) is 0.651. The third-order valence-corrected chi connectivity index (χ3v) is 7.84. The van der Waals surface area contributed by atoms with Crippen LogP contribution < -0.4 is 10.6 Å². The number of hydrogen-bond donors (Lipinski definition) is 1. The van der Waals surface area contributed by atoms with Gasteiger partial charge >= 0.3 is 0 Å². The van der Waals surface area contributed by atoms with E-state index in [0.29, 0.717) is 0 Å². The Hall–Kier alpha value is -0.980. The maximum atomic E-state index is 13.8. The average molecular weight is 290 g/mol. The van der Waals surface area contributed by atoms with Crippen molar-refractivity contribution in [2.24, 2.45) is 0 Å². The van der Waals surface area contributed by atoms with E-state index in [4.69, 9.17) is 0 Å². The predicted octanol–water partition coefficient (Wildman–Crippen LogP) is 4.09. The summed E-state index contributed by atoms with van der Waals surface area (Å²) >= 11 is 4.50. The van der Waals surface area contributed by atoms with Crippen LogP contribution in [0.5, 0.6) is 0 Å². The Morgan fingerprint density at radius 2 is 1.42 bits per heavy atom. The summed E-state index contributed by atoms with van der Waals surface area (Å²) in [6.07, 6.45) is 0. The smallest absolute Gasteiger partial charge is 0.149 e. The van der Waals surface area contributed by atoms with Crippen LogP contribution in [0, 0.1) is 0 Å². The summed E-state index contributed by atoms with van der Waals surface area (Å²) in [5.41, 5.74) is 0. The van der Waals surface area contributed by atoms with Crippen molar-refractivity contribution in [1.82, 2.24) is 0 Å². The zero-order valence-electron chi connectivity index (χ0n) is 11.5. The third-order valence-electron chi connectivity index (χ3n) is 3.29. The van der Waals surface area contributed by atoms with E-state index >= 15 is 0 Å². The Bertz CT molecular complexity index is 614. The summed E-state index contributed by atoms with van der Waals surface area (Å²) in [7, 11) is -2.72. The van der Waals surface area contributed by atoms with E-state index in [-0.39, 0.29) is 5.16 Å². The van der Waals surface area contributed by atoms with E-state index in [1.807, 2.05) is 75.4 Å². The lowest BCUT2D eigenvalue weighted by Gasteiger charge is -2.32. The third kappa shape index (κ3) is 2.52. The monoisotopic (exact) mass is 290 g/mol. The van der Waals surface area contributed by atoms with Crippen molar-refractivity contribution in [3.05, 3.63) is 54.6 Å². The normalized spacial score (nSPS) is 14.9. The van der Waals surface area contributed by atoms with Gasteiger partial charge < -0.3 is 4.57 Å². The first-order chi connectivity index (χ1) is 8.87. The topological polar surface area (TPSA) is 17.1 Å². The molecule has 0 saturated heterocycles. The van der Waals surface area contributed by atoms with Crippen LogP contribution in [0.25, 0.3) is 0 Å². The molecule has 0 aromatic heterocycles. The maximum Gasteiger partial charge on any atom is 0.149 e. The SMILES string of the molecule is CC(C)(C)P(=O)(c1ccccc1)c1ccccc1S. The second kappa shape index (κ2) is 5.19. The lowest BCUT2D eigenvalue weighted by Crippen LogP contribution is -2.31.